The van der Waals surface area contributed by atoms with Crippen molar-refractivity contribution in [1.29, 1.82) is 0 Å². The van der Waals surface area contributed by atoms with Crippen molar-refractivity contribution >= 4 is 11.6 Å². The highest BCUT2D eigenvalue weighted by Gasteiger charge is 2.09. The maximum atomic E-state index is 11.7. The van der Waals surface area contributed by atoms with Crippen LogP contribution < -0.4 is 5.32 Å². The molecule has 2 N–H and O–H groups in total. The summed E-state index contributed by atoms with van der Waals surface area (Å²) in [5, 5.41) is 16.5. The summed E-state index contributed by atoms with van der Waals surface area (Å²) in [6, 6.07) is 3.45. The van der Waals surface area contributed by atoms with Crippen LogP contribution in [0.2, 0.25) is 0 Å². The number of nitrogens with one attached hydrogen (secondary N) is 2. The molecule has 2 aromatic rings. The van der Waals surface area contributed by atoms with Crippen molar-refractivity contribution in [3.8, 4) is 0 Å². The zero-order valence-corrected chi connectivity index (χ0v) is 10.1. The minimum atomic E-state index is -0.141. The average molecular weight is 247 g/mol. The quantitative estimate of drug-likeness (QED) is 0.783. The van der Waals surface area contributed by atoms with Crippen LogP contribution in [0.15, 0.2) is 18.3 Å². The molecular formula is C10H13N7O. The lowest BCUT2D eigenvalue weighted by molar-refractivity contribution is 0.0822. The Hall–Kier alpha value is -2.51. The number of hydrogen-bond acceptors (Lipinski definition) is 6. The van der Waals surface area contributed by atoms with E-state index >= 15 is 0 Å². The lowest BCUT2D eigenvalue weighted by atomic mass is 10.3. The standard InChI is InChI=1S/C10H13N7O/c1-17(2)10(18)8-5-7(3-4-11-8)12-6-9-13-15-16-14-9/h3-5H,6H2,1-2H3,(H,11,12)(H,13,14,15,16). The number of anilines is 1. The molecule has 18 heavy (non-hydrogen) atoms. The maximum Gasteiger partial charge on any atom is 0.272 e. The molecular weight excluding hydrogens is 234 g/mol. The lowest BCUT2D eigenvalue weighted by Gasteiger charge is -2.10. The van der Waals surface area contributed by atoms with Gasteiger partial charge in [-0.2, -0.15) is 5.21 Å². The van der Waals surface area contributed by atoms with E-state index < -0.39 is 0 Å². The highest BCUT2D eigenvalue weighted by Crippen LogP contribution is 2.09. The Morgan fingerprint density at radius 1 is 1.50 bits per heavy atom. The molecule has 2 aromatic heterocycles. The fourth-order valence-electron chi connectivity index (χ4n) is 1.33. The highest BCUT2D eigenvalue weighted by molar-refractivity contribution is 5.92. The number of hydrogen-bond donors (Lipinski definition) is 2. The van der Waals surface area contributed by atoms with Crippen molar-refractivity contribution in [2.75, 3.05) is 19.4 Å². The van der Waals surface area contributed by atoms with E-state index in [2.05, 4.69) is 30.9 Å². The summed E-state index contributed by atoms with van der Waals surface area (Å²) in [5.41, 5.74) is 1.16. The Bertz CT molecular complexity index is 523. The van der Waals surface area contributed by atoms with E-state index in [0.717, 1.165) is 5.69 Å². The smallest absolute Gasteiger partial charge is 0.272 e. The van der Waals surface area contributed by atoms with Crippen molar-refractivity contribution in [3.05, 3.63) is 29.8 Å². The normalized spacial score (nSPS) is 10.1. The van der Waals surface area contributed by atoms with E-state index in [1.807, 2.05) is 0 Å². The SMILES string of the molecule is CN(C)C(=O)c1cc(NCc2nn[nH]n2)ccn1. The Labute approximate surface area is 103 Å². The second-order valence-electron chi connectivity index (χ2n) is 3.81. The topological polar surface area (TPSA) is 99.7 Å². The van der Waals surface area contributed by atoms with Gasteiger partial charge in [0.15, 0.2) is 5.82 Å². The minimum Gasteiger partial charge on any atom is -0.377 e. The van der Waals surface area contributed by atoms with E-state index in [1.54, 1.807) is 32.4 Å². The van der Waals surface area contributed by atoms with Gasteiger partial charge in [-0.25, -0.2) is 0 Å². The largest absolute Gasteiger partial charge is 0.377 e. The summed E-state index contributed by atoms with van der Waals surface area (Å²) in [7, 11) is 3.37. The molecule has 2 rings (SSSR count). The first kappa shape index (κ1) is 12.0. The van der Waals surface area contributed by atoms with Gasteiger partial charge in [0.25, 0.3) is 5.91 Å². The predicted molar refractivity (Wildman–Crippen MR) is 63.8 cm³/mol. The van der Waals surface area contributed by atoms with Crippen LogP contribution in [0.25, 0.3) is 0 Å². The van der Waals surface area contributed by atoms with Crippen LogP contribution in [0.1, 0.15) is 16.3 Å². The summed E-state index contributed by atoms with van der Waals surface area (Å²) in [4.78, 5) is 17.2. The number of carbonyl (C=O) groups is 1. The molecule has 2 heterocycles. The van der Waals surface area contributed by atoms with Gasteiger partial charge in [-0.3, -0.25) is 9.78 Å². The summed E-state index contributed by atoms with van der Waals surface area (Å²) >= 11 is 0. The molecule has 0 bridgehead atoms. The van der Waals surface area contributed by atoms with E-state index in [0.29, 0.717) is 18.1 Å². The van der Waals surface area contributed by atoms with Crippen LogP contribution in [0.5, 0.6) is 0 Å². The number of carbonyl (C=O) groups excluding carboxylic acids is 1. The Morgan fingerprint density at radius 2 is 2.33 bits per heavy atom. The number of H-pyrrole nitrogens is 1. The second kappa shape index (κ2) is 5.21. The van der Waals surface area contributed by atoms with Crippen molar-refractivity contribution in [3.63, 3.8) is 0 Å². The van der Waals surface area contributed by atoms with E-state index in [4.69, 9.17) is 0 Å². The molecule has 0 saturated heterocycles. The third-order valence-corrected chi connectivity index (χ3v) is 2.23. The number of rotatable bonds is 4. The zero-order chi connectivity index (χ0) is 13.0. The molecule has 0 aliphatic heterocycles. The molecule has 8 nitrogen and oxygen atoms in total. The predicted octanol–water partition coefficient (Wildman–Crippen LogP) is -0.0914. The van der Waals surface area contributed by atoms with Crippen molar-refractivity contribution in [2.24, 2.45) is 0 Å². The highest BCUT2D eigenvalue weighted by atomic mass is 16.2. The zero-order valence-electron chi connectivity index (χ0n) is 10.1. The van der Waals surface area contributed by atoms with Crippen LogP contribution in [-0.4, -0.2) is 50.5 Å². The number of aromatic amines is 1. The van der Waals surface area contributed by atoms with Gasteiger partial charge in [-0.15, -0.1) is 10.2 Å². The molecule has 0 atom stereocenters. The van der Waals surface area contributed by atoms with Crippen LogP contribution in [0.4, 0.5) is 5.69 Å². The maximum absolute atomic E-state index is 11.7. The summed E-state index contributed by atoms with van der Waals surface area (Å²) in [6.07, 6.45) is 1.58. The first-order valence-electron chi connectivity index (χ1n) is 5.30. The van der Waals surface area contributed by atoms with Crippen LogP contribution in [-0.2, 0) is 6.54 Å². The Morgan fingerprint density at radius 3 is 3.00 bits per heavy atom. The Balaban J connectivity index is 2.05. The van der Waals surface area contributed by atoms with Gasteiger partial charge >= 0.3 is 0 Å². The molecule has 0 aliphatic rings. The van der Waals surface area contributed by atoms with E-state index in [9.17, 15) is 4.79 Å². The number of tetrazole rings is 1. The van der Waals surface area contributed by atoms with Crippen molar-refractivity contribution in [2.45, 2.75) is 6.54 Å². The van der Waals surface area contributed by atoms with Crippen LogP contribution in [0.3, 0.4) is 0 Å². The number of nitrogens with zero attached hydrogens (tertiary/aromatic N) is 5. The molecule has 0 radical (unpaired) electrons. The minimum absolute atomic E-state index is 0.141. The first-order chi connectivity index (χ1) is 8.66. The molecule has 0 aliphatic carbocycles. The fourth-order valence-corrected chi connectivity index (χ4v) is 1.33. The van der Waals surface area contributed by atoms with Gasteiger partial charge in [-0.05, 0) is 12.1 Å². The van der Waals surface area contributed by atoms with Gasteiger partial charge < -0.3 is 10.2 Å². The fraction of sp³-hybridized carbons (Fsp3) is 0.300. The van der Waals surface area contributed by atoms with Crippen LogP contribution in [0, 0.1) is 0 Å². The summed E-state index contributed by atoms with van der Waals surface area (Å²) in [6.45, 7) is 0.427. The number of aromatic nitrogens is 5. The molecule has 0 spiro atoms. The molecule has 1 amide bonds. The van der Waals surface area contributed by atoms with E-state index in [1.165, 1.54) is 4.90 Å². The molecule has 0 fully saturated rings. The number of amides is 1. The Kier molecular flexibility index (Phi) is 3.46. The van der Waals surface area contributed by atoms with Crippen molar-refractivity contribution < 1.29 is 4.79 Å². The third kappa shape index (κ3) is 2.78. The molecule has 8 heteroatoms. The summed E-state index contributed by atoms with van der Waals surface area (Å²) < 4.78 is 0. The first-order valence-corrected chi connectivity index (χ1v) is 5.30. The van der Waals surface area contributed by atoms with E-state index in [-0.39, 0.29) is 5.91 Å². The molecule has 0 saturated carbocycles. The monoisotopic (exact) mass is 247 g/mol. The number of pyridine rings is 1. The third-order valence-electron chi connectivity index (χ3n) is 2.23. The van der Waals surface area contributed by atoms with Gasteiger partial charge in [0, 0.05) is 26.0 Å². The van der Waals surface area contributed by atoms with Crippen LogP contribution >= 0.6 is 0 Å². The van der Waals surface area contributed by atoms with Gasteiger partial charge in [0.2, 0.25) is 0 Å². The lowest BCUT2D eigenvalue weighted by Crippen LogP contribution is -2.22. The second-order valence-corrected chi connectivity index (χ2v) is 3.81. The molecule has 94 valence electrons. The molecule has 0 unspecified atom stereocenters. The van der Waals surface area contributed by atoms with Gasteiger partial charge in [0.1, 0.15) is 5.69 Å². The van der Waals surface area contributed by atoms with Crippen molar-refractivity contribution in [1.82, 2.24) is 30.5 Å². The van der Waals surface area contributed by atoms with Gasteiger partial charge in [-0.1, -0.05) is 5.21 Å². The summed E-state index contributed by atoms with van der Waals surface area (Å²) in [5.74, 6) is 0.408. The van der Waals surface area contributed by atoms with Gasteiger partial charge in [0.05, 0.1) is 6.54 Å². The average Bonchev–Trinajstić information content (AvgIpc) is 2.89. The molecule has 0 aromatic carbocycles.